The normalized spacial score (nSPS) is 9.83. The van der Waals surface area contributed by atoms with E-state index in [1.54, 1.807) is 0 Å². The number of benzene rings is 1. The average molecular weight is 182 g/mol. The first-order valence-electron chi connectivity index (χ1n) is 3.61. The van der Waals surface area contributed by atoms with Crippen molar-refractivity contribution in [3.8, 4) is 0 Å². The van der Waals surface area contributed by atoms with Gasteiger partial charge < -0.3 is 5.11 Å². The molecule has 3 heteroatoms. The summed E-state index contributed by atoms with van der Waals surface area (Å²) in [5, 5.41) is 8.30. The van der Waals surface area contributed by atoms with Gasteiger partial charge in [-0.15, -0.1) is 0 Å². The van der Waals surface area contributed by atoms with Gasteiger partial charge >= 0.3 is 0 Å². The van der Waals surface area contributed by atoms with Crippen molar-refractivity contribution in [3.05, 3.63) is 29.8 Å². The van der Waals surface area contributed by atoms with Gasteiger partial charge in [-0.05, 0) is 30.3 Å². The van der Waals surface area contributed by atoms with Crippen LogP contribution in [-0.4, -0.2) is 16.8 Å². The highest BCUT2D eigenvalue weighted by atomic mass is 32.2. The summed E-state index contributed by atoms with van der Waals surface area (Å²) in [6.07, 6.45) is 0. The molecule has 0 atom stereocenters. The van der Waals surface area contributed by atoms with E-state index in [0.29, 0.717) is 0 Å². The van der Waals surface area contributed by atoms with Gasteiger partial charge in [0, 0.05) is 4.90 Å². The van der Waals surface area contributed by atoms with Crippen molar-refractivity contribution in [2.75, 3.05) is 6.61 Å². The number of aliphatic hydroxyl groups excluding tert-OH is 1. The molecule has 0 spiro atoms. The third kappa shape index (κ3) is 2.36. The number of aliphatic hydroxyl groups is 1. The van der Waals surface area contributed by atoms with E-state index in [-0.39, 0.29) is 5.12 Å². The molecule has 2 nitrogen and oxygen atoms in total. The Labute approximate surface area is 75.6 Å². The minimum Gasteiger partial charge on any atom is -0.388 e. The Balaban J connectivity index is 2.75. The third-order valence-corrected chi connectivity index (χ3v) is 2.48. The standard InChI is InChI=1S/C9H10O2S/c1-7-4-2-3-5-8(7)12-9(11)6-10/h2-5,10H,6H2,1H3. The molecule has 0 heterocycles. The molecule has 1 aromatic rings. The van der Waals surface area contributed by atoms with Gasteiger partial charge in [-0.1, -0.05) is 18.2 Å². The molecular weight excluding hydrogens is 172 g/mol. The van der Waals surface area contributed by atoms with Crippen molar-refractivity contribution < 1.29 is 9.90 Å². The Bertz CT molecular complexity index is 284. The second-order valence-corrected chi connectivity index (χ2v) is 3.50. The smallest absolute Gasteiger partial charge is 0.219 e. The van der Waals surface area contributed by atoms with Crippen molar-refractivity contribution in [2.24, 2.45) is 0 Å². The molecule has 0 fully saturated rings. The number of carbonyl (C=O) groups is 1. The first-order chi connectivity index (χ1) is 5.74. The van der Waals surface area contributed by atoms with Crippen molar-refractivity contribution in [1.82, 2.24) is 0 Å². The molecule has 1 rings (SSSR count). The molecular formula is C9H10O2S. The fraction of sp³-hybridized carbons (Fsp3) is 0.222. The second-order valence-electron chi connectivity index (χ2n) is 2.40. The van der Waals surface area contributed by atoms with Gasteiger partial charge in [0.25, 0.3) is 0 Å². The van der Waals surface area contributed by atoms with Gasteiger partial charge in [0.15, 0.2) is 0 Å². The van der Waals surface area contributed by atoms with Crippen LogP contribution in [0, 0.1) is 6.92 Å². The van der Waals surface area contributed by atoms with E-state index in [1.165, 1.54) is 0 Å². The predicted octanol–water partition coefficient (Wildman–Crippen LogP) is 1.61. The van der Waals surface area contributed by atoms with Crippen LogP contribution in [0.2, 0.25) is 0 Å². The van der Waals surface area contributed by atoms with E-state index in [9.17, 15) is 4.79 Å². The Hall–Kier alpha value is -0.800. The molecule has 0 unspecified atom stereocenters. The van der Waals surface area contributed by atoms with Gasteiger partial charge in [0.2, 0.25) is 5.12 Å². The Kier molecular flexibility index (Phi) is 3.31. The summed E-state index contributed by atoms with van der Waals surface area (Å²) in [6.45, 7) is 1.53. The molecule has 0 radical (unpaired) electrons. The molecule has 0 aliphatic carbocycles. The quantitative estimate of drug-likeness (QED) is 0.706. The highest BCUT2D eigenvalue weighted by Crippen LogP contribution is 2.21. The summed E-state index contributed by atoms with van der Waals surface area (Å²) >= 11 is 1.08. The van der Waals surface area contributed by atoms with Gasteiger partial charge in [-0.2, -0.15) is 0 Å². The summed E-state index contributed by atoms with van der Waals surface area (Å²) < 4.78 is 0. The average Bonchev–Trinajstić information content (AvgIpc) is 2.09. The number of hydrogen-bond donors (Lipinski definition) is 1. The predicted molar refractivity (Wildman–Crippen MR) is 49.1 cm³/mol. The van der Waals surface area contributed by atoms with Crippen molar-refractivity contribution in [2.45, 2.75) is 11.8 Å². The maximum atomic E-state index is 10.8. The molecule has 0 aromatic heterocycles. The van der Waals surface area contributed by atoms with Crippen LogP contribution in [0.25, 0.3) is 0 Å². The first-order valence-corrected chi connectivity index (χ1v) is 4.43. The lowest BCUT2D eigenvalue weighted by atomic mass is 10.2. The maximum absolute atomic E-state index is 10.8. The summed E-state index contributed by atoms with van der Waals surface area (Å²) in [5.41, 5.74) is 1.06. The molecule has 0 aliphatic heterocycles. The summed E-state index contributed by atoms with van der Waals surface area (Å²) in [5.74, 6) is 0. The molecule has 0 bridgehead atoms. The number of carbonyl (C=O) groups excluding carboxylic acids is 1. The number of thioether (sulfide) groups is 1. The van der Waals surface area contributed by atoms with E-state index in [2.05, 4.69) is 0 Å². The third-order valence-electron chi connectivity index (χ3n) is 1.45. The minimum absolute atomic E-state index is 0.218. The van der Waals surface area contributed by atoms with Crippen LogP contribution >= 0.6 is 11.8 Å². The van der Waals surface area contributed by atoms with Gasteiger partial charge in [-0.25, -0.2) is 0 Å². The zero-order chi connectivity index (χ0) is 8.97. The summed E-state index contributed by atoms with van der Waals surface area (Å²) in [4.78, 5) is 11.8. The lowest BCUT2D eigenvalue weighted by molar-refractivity contribution is -0.113. The monoisotopic (exact) mass is 182 g/mol. The summed E-state index contributed by atoms with van der Waals surface area (Å²) in [7, 11) is 0. The molecule has 0 saturated heterocycles. The number of rotatable bonds is 2. The molecule has 0 aliphatic rings. The molecule has 12 heavy (non-hydrogen) atoms. The van der Waals surface area contributed by atoms with Crippen LogP contribution in [0.1, 0.15) is 5.56 Å². The lowest BCUT2D eigenvalue weighted by Gasteiger charge is -2.01. The molecule has 0 saturated carbocycles. The van der Waals surface area contributed by atoms with Crippen LogP contribution in [0.15, 0.2) is 29.2 Å². The number of aryl methyl sites for hydroxylation is 1. The second kappa shape index (κ2) is 4.28. The maximum Gasteiger partial charge on any atom is 0.219 e. The SMILES string of the molecule is Cc1ccccc1SC(=O)CO. The van der Waals surface area contributed by atoms with E-state index in [1.807, 2.05) is 31.2 Å². The van der Waals surface area contributed by atoms with E-state index in [4.69, 9.17) is 5.11 Å². The summed E-state index contributed by atoms with van der Waals surface area (Å²) in [6, 6.07) is 7.60. The zero-order valence-electron chi connectivity index (χ0n) is 6.78. The van der Waals surface area contributed by atoms with Gasteiger partial charge in [0.1, 0.15) is 6.61 Å². The van der Waals surface area contributed by atoms with E-state index >= 15 is 0 Å². The fourth-order valence-electron chi connectivity index (χ4n) is 0.826. The van der Waals surface area contributed by atoms with E-state index < -0.39 is 6.61 Å². The van der Waals surface area contributed by atoms with Crippen molar-refractivity contribution in [1.29, 1.82) is 0 Å². The van der Waals surface area contributed by atoms with Crippen LogP contribution in [0.4, 0.5) is 0 Å². The number of hydrogen-bond acceptors (Lipinski definition) is 3. The fourth-order valence-corrected chi connectivity index (χ4v) is 1.51. The van der Waals surface area contributed by atoms with E-state index in [0.717, 1.165) is 22.2 Å². The molecule has 1 aromatic carbocycles. The van der Waals surface area contributed by atoms with Crippen molar-refractivity contribution >= 4 is 16.9 Å². The van der Waals surface area contributed by atoms with Crippen LogP contribution in [0.5, 0.6) is 0 Å². The lowest BCUT2D eigenvalue weighted by Crippen LogP contribution is -1.97. The minimum atomic E-state index is -0.404. The van der Waals surface area contributed by atoms with Crippen molar-refractivity contribution in [3.63, 3.8) is 0 Å². The first kappa shape index (κ1) is 9.29. The van der Waals surface area contributed by atoms with Gasteiger partial charge in [-0.3, -0.25) is 4.79 Å². The highest BCUT2D eigenvalue weighted by molar-refractivity contribution is 8.13. The Morgan fingerprint density at radius 1 is 1.50 bits per heavy atom. The largest absolute Gasteiger partial charge is 0.388 e. The van der Waals surface area contributed by atoms with Crippen LogP contribution in [0.3, 0.4) is 0 Å². The van der Waals surface area contributed by atoms with Crippen LogP contribution < -0.4 is 0 Å². The Morgan fingerprint density at radius 2 is 2.17 bits per heavy atom. The highest BCUT2D eigenvalue weighted by Gasteiger charge is 2.03. The molecule has 1 N–H and O–H groups in total. The Morgan fingerprint density at radius 3 is 2.75 bits per heavy atom. The zero-order valence-corrected chi connectivity index (χ0v) is 7.60. The molecule has 0 amide bonds. The van der Waals surface area contributed by atoms with Gasteiger partial charge in [0.05, 0.1) is 0 Å². The topological polar surface area (TPSA) is 37.3 Å². The molecule has 64 valence electrons. The van der Waals surface area contributed by atoms with Crippen LogP contribution in [-0.2, 0) is 4.79 Å².